The summed E-state index contributed by atoms with van der Waals surface area (Å²) in [6.07, 6.45) is 18.5. The van der Waals surface area contributed by atoms with Gasteiger partial charge in [-0.2, -0.15) is 0 Å². The van der Waals surface area contributed by atoms with Crippen LogP contribution in [0, 0.1) is 5.92 Å². The summed E-state index contributed by atoms with van der Waals surface area (Å²) in [6, 6.07) is 1.56. The first-order valence-corrected chi connectivity index (χ1v) is 9.82. The molecule has 1 heterocycles. The zero-order valence-electron chi connectivity index (χ0n) is 14.4. The molecule has 0 radical (unpaired) electrons. The molecule has 2 heteroatoms. The summed E-state index contributed by atoms with van der Waals surface area (Å²) in [5, 5.41) is 0. The SMILES string of the molecule is CCCCCCCCCC(CN)N1CCCC2CCCC21. The summed E-state index contributed by atoms with van der Waals surface area (Å²) < 4.78 is 0. The molecule has 1 saturated carbocycles. The third kappa shape index (κ3) is 5.25. The van der Waals surface area contributed by atoms with Crippen molar-refractivity contribution in [2.24, 2.45) is 11.7 Å². The van der Waals surface area contributed by atoms with Gasteiger partial charge in [-0.1, -0.05) is 58.3 Å². The van der Waals surface area contributed by atoms with Gasteiger partial charge in [-0.3, -0.25) is 4.90 Å². The molecule has 0 amide bonds. The highest BCUT2D eigenvalue weighted by Crippen LogP contribution is 2.38. The van der Waals surface area contributed by atoms with Gasteiger partial charge in [0, 0.05) is 18.6 Å². The van der Waals surface area contributed by atoms with Crippen LogP contribution in [0.25, 0.3) is 0 Å². The molecule has 0 bridgehead atoms. The second-order valence-electron chi connectivity index (χ2n) is 7.44. The first kappa shape index (κ1) is 17.3. The summed E-state index contributed by atoms with van der Waals surface area (Å²) in [7, 11) is 0. The smallest absolute Gasteiger partial charge is 0.0221 e. The lowest BCUT2D eigenvalue weighted by atomic mass is 9.89. The van der Waals surface area contributed by atoms with E-state index in [0.717, 1.165) is 18.5 Å². The largest absolute Gasteiger partial charge is 0.329 e. The highest BCUT2D eigenvalue weighted by molar-refractivity contribution is 4.92. The summed E-state index contributed by atoms with van der Waals surface area (Å²) in [6.45, 7) is 4.49. The molecule has 1 aliphatic heterocycles. The van der Waals surface area contributed by atoms with Crippen LogP contribution in [-0.2, 0) is 0 Å². The molecule has 3 atom stereocenters. The Bertz CT molecular complexity index is 266. The molecule has 2 rings (SSSR count). The molecule has 3 unspecified atom stereocenters. The maximum absolute atomic E-state index is 6.13. The second kappa shape index (κ2) is 9.84. The van der Waals surface area contributed by atoms with Gasteiger partial charge < -0.3 is 5.73 Å². The summed E-state index contributed by atoms with van der Waals surface area (Å²) >= 11 is 0. The van der Waals surface area contributed by atoms with E-state index in [1.165, 1.54) is 90.0 Å². The molecule has 1 aliphatic carbocycles. The fourth-order valence-electron chi connectivity index (χ4n) is 4.70. The number of nitrogens with zero attached hydrogens (tertiary/aromatic N) is 1. The minimum atomic E-state index is 0.673. The van der Waals surface area contributed by atoms with Crippen LogP contribution in [-0.4, -0.2) is 30.1 Å². The predicted molar refractivity (Wildman–Crippen MR) is 92.5 cm³/mol. The van der Waals surface area contributed by atoms with Gasteiger partial charge in [-0.05, 0) is 44.6 Å². The van der Waals surface area contributed by atoms with Crippen molar-refractivity contribution in [2.75, 3.05) is 13.1 Å². The Kier molecular flexibility index (Phi) is 8.10. The molecule has 0 aromatic carbocycles. The van der Waals surface area contributed by atoms with Gasteiger partial charge in [-0.15, -0.1) is 0 Å². The zero-order chi connectivity index (χ0) is 14.9. The summed E-state index contributed by atoms with van der Waals surface area (Å²) in [5.74, 6) is 1.00. The number of piperidine rings is 1. The molecule has 2 fully saturated rings. The topological polar surface area (TPSA) is 29.3 Å². The Balaban J connectivity index is 1.65. The average molecular weight is 295 g/mol. The number of rotatable bonds is 10. The van der Waals surface area contributed by atoms with Crippen molar-refractivity contribution in [1.29, 1.82) is 0 Å². The van der Waals surface area contributed by atoms with E-state index >= 15 is 0 Å². The van der Waals surface area contributed by atoms with E-state index in [0.29, 0.717) is 6.04 Å². The molecule has 2 N–H and O–H groups in total. The third-order valence-corrected chi connectivity index (χ3v) is 5.92. The third-order valence-electron chi connectivity index (χ3n) is 5.92. The van der Waals surface area contributed by atoms with E-state index in [4.69, 9.17) is 5.73 Å². The van der Waals surface area contributed by atoms with Crippen molar-refractivity contribution in [3.05, 3.63) is 0 Å². The van der Waals surface area contributed by atoms with Crippen LogP contribution in [0.15, 0.2) is 0 Å². The van der Waals surface area contributed by atoms with E-state index < -0.39 is 0 Å². The van der Waals surface area contributed by atoms with Crippen LogP contribution < -0.4 is 5.73 Å². The van der Waals surface area contributed by atoms with Crippen LogP contribution >= 0.6 is 0 Å². The number of fused-ring (bicyclic) bond motifs is 1. The first-order chi connectivity index (χ1) is 10.4. The molecular weight excluding hydrogens is 256 g/mol. The van der Waals surface area contributed by atoms with Crippen molar-refractivity contribution in [3.8, 4) is 0 Å². The Labute approximate surface area is 132 Å². The Morgan fingerprint density at radius 3 is 2.43 bits per heavy atom. The standard InChI is InChI=1S/C19H38N2/c1-2-3-4-5-6-7-8-13-18(16-20)21-15-10-12-17-11-9-14-19(17)21/h17-19H,2-16,20H2,1H3. The summed E-state index contributed by atoms with van der Waals surface area (Å²) in [4.78, 5) is 2.82. The number of likely N-dealkylation sites (tertiary alicyclic amines) is 1. The molecule has 1 saturated heterocycles. The average Bonchev–Trinajstić information content (AvgIpc) is 2.99. The van der Waals surface area contributed by atoms with E-state index in [2.05, 4.69) is 11.8 Å². The zero-order valence-corrected chi connectivity index (χ0v) is 14.4. The molecule has 0 aromatic heterocycles. The molecule has 0 aromatic rings. The van der Waals surface area contributed by atoms with Crippen LogP contribution in [0.5, 0.6) is 0 Å². The second-order valence-corrected chi connectivity index (χ2v) is 7.44. The van der Waals surface area contributed by atoms with Gasteiger partial charge in [0.25, 0.3) is 0 Å². The van der Waals surface area contributed by atoms with Gasteiger partial charge in [0.1, 0.15) is 0 Å². The summed E-state index contributed by atoms with van der Waals surface area (Å²) in [5.41, 5.74) is 6.13. The Hall–Kier alpha value is -0.0800. The number of hydrogen-bond acceptors (Lipinski definition) is 2. The van der Waals surface area contributed by atoms with Gasteiger partial charge in [0.05, 0.1) is 0 Å². The van der Waals surface area contributed by atoms with Crippen molar-refractivity contribution >= 4 is 0 Å². The fraction of sp³-hybridized carbons (Fsp3) is 1.00. The monoisotopic (exact) mass is 294 g/mol. The van der Waals surface area contributed by atoms with Crippen LogP contribution in [0.4, 0.5) is 0 Å². The fourth-order valence-corrected chi connectivity index (χ4v) is 4.70. The maximum atomic E-state index is 6.13. The van der Waals surface area contributed by atoms with Gasteiger partial charge in [-0.25, -0.2) is 0 Å². The van der Waals surface area contributed by atoms with E-state index in [-0.39, 0.29) is 0 Å². The molecule has 2 aliphatic rings. The first-order valence-electron chi connectivity index (χ1n) is 9.82. The lowest BCUT2D eigenvalue weighted by Gasteiger charge is -2.42. The minimum Gasteiger partial charge on any atom is -0.329 e. The van der Waals surface area contributed by atoms with Crippen molar-refractivity contribution < 1.29 is 0 Å². The van der Waals surface area contributed by atoms with Crippen molar-refractivity contribution in [1.82, 2.24) is 4.90 Å². The van der Waals surface area contributed by atoms with E-state index in [9.17, 15) is 0 Å². The van der Waals surface area contributed by atoms with E-state index in [1.54, 1.807) is 0 Å². The van der Waals surface area contributed by atoms with Gasteiger partial charge in [0.15, 0.2) is 0 Å². The highest BCUT2D eigenvalue weighted by atomic mass is 15.2. The van der Waals surface area contributed by atoms with Crippen LogP contribution in [0.1, 0.15) is 90.4 Å². The lowest BCUT2D eigenvalue weighted by molar-refractivity contribution is 0.0654. The van der Waals surface area contributed by atoms with Gasteiger partial charge >= 0.3 is 0 Å². The van der Waals surface area contributed by atoms with Crippen molar-refractivity contribution in [2.45, 2.75) is 102 Å². The lowest BCUT2D eigenvalue weighted by Crippen LogP contribution is -2.51. The Morgan fingerprint density at radius 2 is 1.67 bits per heavy atom. The number of unbranched alkanes of at least 4 members (excludes halogenated alkanes) is 6. The molecular formula is C19H38N2. The highest BCUT2D eigenvalue weighted by Gasteiger charge is 2.37. The molecule has 0 spiro atoms. The van der Waals surface area contributed by atoms with Crippen LogP contribution in [0.3, 0.4) is 0 Å². The normalized spacial score (nSPS) is 27.7. The Morgan fingerprint density at radius 1 is 0.952 bits per heavy atom. The quantitative estimate of drug-likeness (QED) is 0.591. The maximum Gasteiger partial charge on any atom is 0.0221 e. The molecule has 21 heavy (non-hydrogen) atoms. The number of nitrogens with two attached hydrogens (primary N) is 1. The minimum absolute atomic E-state index is 0.673. The van der Waals surface area contributed by atoms with E-state index in [1.807, 2.05) is 0 Å². The van der Waals surface area contributed by atoms with Gasteiger partial charge in [0.2, 0.25) is 0 Å². The van der Waals surface area contributed by atoms with Crippen LogP contribution in [0.2, 0.25) is 0 Å². The number of hydrogen-bond donors (Lipinski definition) is 1. The molecule has 2 nitrogen and oxygen atoms in total. The molecule has 124 valence electrons. The predicted octanol–water partition coefficient (Wildman–Crippen LogP) is 4.72. The van der Waals surface area contributed by atoms with Crippen molar-refractivity contribution in [3.63, 3.8) is 0 Å².